The molecule has 0 saturated carbocycles. The number of aliphatic imine (C=N–C) groups is 1. The van der Waals surface area contributed by atoms with Gasteiger partial charge < -0.3 is 21.2 Å². The number of aromatic amines is 1. The molecule has 2 aromatic rings. The molecule has 8 nitrogen and oxygen atoms in total. The van der Waals surface area contributed by atoms with E-state index in [1.165, 1.54) is 7.05 Å². The Morgan fingerprint density at radius 1 is 1.38 bits per heavy atom. The van der Waals surface area contributed by atoms with Gasteiger partial charge in [-0.05, 0) is 12.1 Å². The third-order valence-corrected chi connectivity index (χ3v) is 2.72. The summed E-state index contributed by atoms with van der Waals surface area (Å²) in [6.07, 6.45) is 0. The van der Waals surface area contributed by atoms with Crippen molar-refractivity contribution in [3.63, 3.8) is 0 Å². The normalized spacial score (nSPS) is 11.4. The molecule has 0 fully saturated rings. The number of guanidine groups is 1. The zero-order chi connectivity index (χ0) is 15.4. The van der Waals surface area contributed by atoms with Crippen molar-refractivity contribution in [3.05, 3.63) is 30.0 Å². The molecule has 21 heavy (non-hydrogen) atoms. The number of hydrogen-bond donors (Lipinski definition) is 4. The molecule has 2 amide bonds. The highest BCUT2D eigenvalue weighted by atomic mass is 16.5. The Hall–Kier alpha value is -3.03. The molecule has 0 aliphatic heterocycles. The highest BCUT2D eigenvalue weighted by Gasteiger charge is 2.13. The average molecular weight is 289 g/mol. The van der Waals surface area contributed by atoms with Crippen LogP contribution in [0.2, 0.25) is 0 Å². The predicted molar refractivity (Wildman–Crippen MR) is 78.0 cm³/mol. The number of carbonyl (C=O) groups is 2. The summed E-state index contributed by atoms with van der Waals surface area (Å²) in [6.45, 7) is -0.241. The van der Waals surface area contributed by atoms with Gasteiger partial charge in [-0.3, -0.25) is 19.9 Å². The maximum atomic E-state index is 11.9. The van der Waals surface area contributed by atoms with Crippen LogP contribution < -0.4 is 21.5 Å². The lowest BCUT2D eigenvalue weighted by Crippen LogP contribution is -2.36. The summed E-state index contributed by atoms with van der Waals surface area (Å²) >= 11 is 0. The van der Waals surface area contributed by atoms with Crippen LogP contribution in [0, 0.1) is 0 Å². The molecular weight excluding hydrogens is 274 g/mol. The minimum atomic E-state index is -0.580. The topological polar surface area (TPSA) is 136 Å². The van der Waals surface area contributed by atoms with Crippen molar-refractivity contribution in [2.75, 3.05) is 13.7 Å². The number of hydrogen-bond acceptors (Lipinski definition) is 4. The Morgan fingerprint density at radius 3 is 2.81 bits per heavy atom. The van der Waals surface area contributed by atoms with Crippen LogP contribution in [0.5, 0.6) is 5.75 Å². The molecule has 0 unspecified atom stereocenters. The Kier molecular flexibility index (Phi) is 4.07. The number of nitrogens with one attached hydrogen (secondary N) is 2. The molecule has 1 heterocycles. The van der Waals surface area contributed by atoms with Crippen molar-refractivity contribution in [2.24, 2.45) is 16.5 Å². The third kappa shape index (κ3) is 3.30. The van der Waals surface area contributed by atoms with Gasteiger partial charge in [-0.25, -0.2) is 0 Å². The summed E-state index contributed by atoms with van der Waals surface area (Å²) < 4.78 is 5.29. The van der Waals surface area contributed by atoms with Crippen LogP contribution >= 0.6 is 0 Å². The van der Waals surface area contributed by atoms with Gasteiger partial charge in [0.15, 0.2) is 12.6 Å². The van der Waals surface area contributed by atoms with Gasteiger partial charge >= 0.3 is 0 Å². The van der Waals surface area contributed by atoms with Gasteiger partial charge in [-0.2, -0.15) is 0 Å². The molecule has 2 rings (SSSR count). The van der Waals surface area contributed by atoms with Crippen LogP contribution in [-0.2, 0) is 4.79 Å². The van der Waals surface area contributed by atoms with E-state index in [0.717, 1.165) is 5.39 Å². The van der Waals surface area contributed by atoms with E-state index in [1.807, 2.05) is 0 Å². The fourth-order valence-corrected chi connectivity index (χ4v) is 1.76. The molecule has 0 radical (unpaired) electrons. The molecule has 1 aromatic carbocycles. The predicted octanol–water partition coefficient (Wildman–Crippen LogP) is -0.294. The number of primary amides is 1. The van der Waals surface area contributed by atoms with Crippen molar-refractivity contribution in [2.45, 2.75) is 0 Å². The molecular formula is C13H15N5O3. The van der Waals surface area contributed by atoms with Gasteiger partial charge in [-0.15, -0.1) is 0 Å². The maximum Gasteiger partial charge on any atom is 0.274 e. The molecule has 0 aliphatic rings. The van der Waals surface area contributed by atoms with E-state index in [0.29, 0.717) is 17.0 Å². The minimum absolute atomic E-state index is 0.0175. The molecule has 1 aromatic heterocycles. The first-order valence-electron chi connectivity index (χ1n) is 6.07. The fraction of sp³-hybridized carbons (Fsp3) is 0.154. The molecule has 0 spiro atoms. The first kappa shape index (κ1) is 14.4. The standard InChI is InChI=1S/C13H15N5O3/c1-16-13(15)18-12(20)8-5-7-3-2-4-9(11(7)17-8)21-6-10(14)19/h2-5,17H,6H2,1H3,(H2,14,19)(H3,15,16,18,20). The maximum absolute atomic E-state index is 11.9. The van der Waals surface area contributed by atoms with E-state index in [2.05, 4.69) is 15.3 Å². The monoisotopic (exact) mass is 289 g/mol. The average Bonchev–Trinajstić information content (AvgIpc) is 2.89. The highest BCUT2D eigenvalue weighted by Crippen LogP contribution is 2.25. The zero-order valence-electron chi connectivity index (χ0n) is 11.3. The van der Waals surface area contributed by atoms with E-state index in [9.17, 15) is 9.59 Å². The van der Waals surface area contributed by atoms with Crippen LogP contribution in [0.3, 0.4) is 0 Å². The minimum Gasteiger partial charge on any atom is -0.482 e. The van der Waals surface area contributed by atoms with Crippen molar-refractivity contribution >= 4 is 28.7 Å². The number of ether oxygens (including phenoxy) is 1. The van der Waals surface area contributed by atoms with Crippen molar-refractivity contribution in [1.29, 1.82) is 0 Å². The zero-order valence-corrected chi connectivity index (χ0v) is 11.3. The van der Waals surface area contributed by atoms with Crippen molar-refractivity contribution < 1.29 is 14.3 Å². The summed E-state index contributed by atoms with van der Waals surface area (Å²) in [6, 6.07) is 6.86. The molecule has 6 N–H and O–H groups in total. The number of H-pyrrole nitrogens is 1. The van der Waals surface area contributed by atoms with Gasteiger partial charge in [-0.1, -0.05) is 12.1 Å². The first-order chi connectivity index (χ1) is 10.0. The second kappa shape index (κ2) is 5.95. The Balaban J connectivity index is 2.30. The largest absolute Gasteiger partial charge is 0.482 e. The molecule has 0 atom stereocenters. The highest BCUT2D eigenvalue weighted by molar-refractivity contribution is 6.07. The van der Waals surface area contributed by atoms with Gasteiger partial charge in [0.25, 0.3) is 11.8 Å². The van der Waals surface area contributed by atoms with Crippen LogP contribution in [0.15, 0.2) is 29.3 Å². The second-order valence-electron chi connectivity index (χ2n) is 4.22. The van der Waals surface area contributed by atoms with Crippen molar-refractivity contribution in [3.8, 4) is 5.75 Å². The van der Waals surface area contributed by atoms with E-state index in [1.54, 1.807) is 24.3 Å². The lowest BCUT2D eigenvalue weighted by atomic mass is 10.2. The lowest BCUT2D eigenvalue weighted by Gasteiger charge is -2.04. The van der Waals surface area contributed by atoms with Gasteiger partial charge in [0.1, 0.15) is 11.4 Å². The summed E-state index contributed by atoms with van der Waals surface area (Å²) in [5.74, 6) is -0.551. The summed E-state index contributed by atoms with van der Waals surface area (Å²) in [4.78, 5) is 29.3. The van der Waals surface area contributed by atoms with Crippen LogP contribution in [-0.4, -0.2) is 36.4 Å². The number of nitrogens with zero attached hydrogens (tertiary/aromatic N) is 1. The van der Waals surface area contributed by atoms with Crippen LogP contribution in [0.1, 0.15) is 10.5 Å². The number of fused-ring (bicyclic) bond motifs is 1. The SMILES string of the molecule is CN=C(N)NC(=O)c1cc2cccc(OCC(N)=O)c2[nH]1. The molecule has 0 bridgehead atoms. The van der Waals surface area contributed by atoms with E-state index >= 15 is 0 Å². The first-order valence-corrected chi connectivity index (χ1v) is 6.07. The Labute approximate surface area is 120 Å². The summed E-state index contributed by atoms with van der Waals surface area (Å²) in [7, 11) is 1.47. The number of rotatable bonds is 4. The third-order valence-electron chi connectivity index (χ3n) is 2.72. The second-order valence-corrected chi connectivity index (χ2v) is 4.22. The van der Waals surface area contributed by atoms with E-state index in [-0.39, 0.29) is 12.6 Å². The number of para-hydroxylation sites is 1. The fourth-order valence-electron chi connectivity index (χ4n) is 1.76. The number of aromatic nitrogens is 1. The smallest absolute Gasteiger partial charge is 0.274 e. The van der Waals surface area contributed by atoms with Gasteiger partial charge in [0, 0.05) is 12.4 Å². The Bertz CT molecular complexity index is 720. The summed E-state index contributed by atoms with van der Waals surface area (Å²) in [5, 5.41) is 3.18. The molecule has 8 heteroatoms. The van der Waals surface area contributed by atoms with Crippen LogP contribution in [0.25, 0.3) is 10.9 Å². The van der Waals surface area contributed by atoms with E-state index < -0.39 is 11.8 Å². The number of amides is 2. The molecule has 0 aliphatic carbocycles. The van der Waals surface area contributed by atoms with Crippen LogP contribution in [0.4, 0.5) is 0 Å². The Morgan fingerprint density at radius 2 is 2.14 bits per heavy atom. The number of carbonyl (C=O) groups excluding carboxylic acids is 2. The summed E-state index contributed by atoms with van der Waals surface area (Å²) in [5.41, 5.74) is 11.4. The molecule has 110 valence electrons. The lowest BCUT2D eigenvalue weighted by molar-refractivity contribution is -0.119. The van der Waals surface area contributed by atoms with E-state index in [4.69, 9.17) is 16.2 Å². The quantitative estimate of drug-likeness (QED) is 0.454. The molecule has 0 saturated heterocycles. The van der Waals surface area contributed by atoms with Gasteiger partial charge in [0.05, 0.1) is 5.52 Å². The number of nitrogens with two attached hydrogens (primary N) is 2. The van der Waals surface area contributed by atoms with Crippen molar-refractivity contribution in [1.82, 2.24) is 10.3 Å². The number of benzene rings is 1. The van der Waals surface area contributed by atoms with Gasteiger partial charge in [0.2, 0.25) is 0 Å².